The molecule has 0 saturated carbocycles. The molecule has 2 N–H and O–H groups in total. The van der Waals surface area contributed by atoms with E-state index in [1.807, 2.05) is 20.8 Å². The minimum Gasteiger partial charge on any atom is -0.365 e. The van der Waals surface area contributed by atoms with Gasteiger partial charge in [0.2, 0.25) is 0 Å². The number of fused-ring (bicyclic) bond motifs is 1. The molecule has 2 aromatic heterocycles. The average molecular weight is 302 g/mol. The highest BCUT2D eigenvalue weighted by Crippen LogP contribution is 2.22. The van der Waals surface area contributed by atoms with E-state index in [1.54, 1.807) is 20.4 Å². The molecule has 3 heterocycles. The number of nitrogens with two attached hydrogens (primary N) is 1. The van der Waals surface area contributed by atoms with Crippen LogP contribution >= 0.6 is 0 Å². The topological polar surface area (TPSA) is 96.8 Å². The van der Waals surface area contributed by atoms with Gasteiger partial charge in [0.05, 0.1) is 6.20 Å². The molecule has 0 radical (unpaired) electrons. The van der Waals surface area contributed by atoms with Crippen molar-refractivity contribution in [2.24, 2.45) is 5.73 Å². The number of carbonyl (C=O) groups excluding carboxylic acids is 2. The van der Waals surface area contributed by atoms with Gasteiger partial charge in [0.1, 0.15) is 11.4 Å². The van der Waals surface area contributed by atoms with Crippen LogP contribution in [0.5, 0.6) is 0 Å². The molecule has 1 aliphatic heterocycles. The lowest BCUT2D eigenvalue weighted by molar-refractivity contribution is 0.100. The van der Waals surface area contributed by atoms with E-state index in [4.69, 9.17) is 5.73 Å². The first-order valence-electron chi connectivity index (χ1n) is 7.13. The Kier molecular flexibility index (Phi) is 3.23. The van der Waals surface area contributed by atoms with Gasteiger partial charge in [-0.15, -0.1) is 0 Å². The standard InChI is InChI=1S/C14H18N6O2/c1-8(2)18-4-5-19(14(18)22)11-6-9(3)20-13(17-11)10(7-16-20)12(15)21/h6-8H,4-5H2,1-3H3,(H2,15,21). The summed E-state index contributed by atoms with van der Waals surface area (Å²) >= 11 is 0. The van der Waals surface area contributed by atoms with Crippen molar-refractivity contribution in [2.75, 3.05) is 18.0 Å². The smallest absolute Gasteiger partial charge is 0.326 e. The fourth-order valence-electron chi connectivity index (χ4n) is 2.65. The second-order valence-electron chi connectivity index (χ2n) is 5.63. The SMILES string of the molecule is Cc1cc(N2CCN(C(C)C)C2=O)nc2c(C(N)=O)cnn12. The minimum atomic E-state index is -0.587. The summed E-state index contributed by atoms with van der Waals surface area (Å²) in [5.74, 6) is -0.0724. The third kappa shape index (κ3) is 2.07. The summed E-state index contributed by atoms with van der Waals surface area (Å²) in [5.41, 5.74) is 6.75. The Labute approximate surface area is 127 Å². The van der Waals surface area contributed by atoms with Crippen LogP contribution in [0.3, 0.4) is 0 Å². The van der Waals surface area contributed by atoms with Crippen LogP contribution in [0.2, 0.25) is 0 Å². The summed E-state index contributed by atoms with van der Waals surface area (Å²) in [4.78, 5) is 31.7. The number of carbonyl (C=O) groups is 2. The van der Waals surface area contributed by atoms with Crippen molar-refractivity contribution >= 4 is 23.4 Å². The summed E-state index contributed by atoms with van der Waals surface area (Å²) in [6, 6.07) is 1.84. The number of aryl methyl sites for hydroxylation is 1. The molecule has 0 unspecified atom stereocenters. The zero-order valence-electron chi connectivity index (χ0n) is 12.8. The quantitative estimate of drug-likeness (QED) is 0.906. The van der Waals surface area contributed by atoms with Crippen LogP contribution in [0.25, 0.3) is 5.65 Å². The highest BCUT2D eigenvalue weighted by Gasteiger charge is 2.32. The highest BCUT2D eigenvalue weighted by atomic mass is 16.2. The van der Waals surface area contributed by atoms with E-state index in [2.05, 4.69) is 10.1 Å². The fraction of sp³-hybridized carbons (Fsp3) is 0.429. The van der Waals surface area contributed by atoms with E-state index in [1.165, 1.54) is 6.20 Å². The predicted octanol–water partition coefficient (Wildman–Crippen LogP) is 0.787. The van der Waals surface area contributed by atoms with Crippen molar-refractivity contribution in [2.45, 2.75) is 26.8 Å². The first-order chi connectivity index (χ1) is 10.4. The summed E-state index contributed by atoms with van der Waals surface area (Å²) in [5, 5.41) is 4.11. The number of primary amides is 1. The van der Waals surface area contributed by atoms with Crippen LogP contribution in [0.4, 0.5) is 10.6 Å². The number of hydrogen-bond acceptors (Lipinski definition) is 4. The molecule has 0 aliphatic carbocycles. The molecule has 2 aromatic rings. The zero-order valence-corrected chi connectivity index (χ0v) is 12.8. The second-order valence-corrected chi connectivity index (χ2v) is 5.63. The predicted molar refractivity (Wildman–Crippen MR) is 80.8 cm³/mol. The van der Waals surface area contributed by atoms with E-state index in [9.17, 15) is 9.59 Å². The lowest BCUT2D eigenvalue weighted by atomic mass is 10.3. The normalized spacial score (nSPS) is 15.4. The largest absolute Gasteiger partial charge is 0.365 e. The highest BCUT2D eigenvalue weighted by molar-refractivity contribution is 5.99. The molecule has 0 aromatic carbocycles. The van der Waals surface area contributed by atoms with E-state index >= 15 is 0 Å². The van der Waals surface area contributed by atoms with E-state index in [0.717, 1.165) is 5.69 Å². The molecule has 0 atom stereocenters. The van der Waals surface area contributed by atoms with Gasteiger partial charge in [-0.05, 0) is 20.8 Å². The Morgan fingerprint density at radius 3 is 2.68 bits per heavy atom. The Hall–Kier alpha value is -2.64. The third-order valence-corrected chi connectivity index (χ3v) is 3.84. The number of aromatic nitrogens is 3. The zero-order chi connectivity index (χ0) is 16.0. The van der Waals surface area contributed by atoms with Crippen molar-refractivity contribution in [3.8, 4) is 0 Å². The van der Waals surface area contributed by atoms with E-state index in [-0.39, 0.29) is 17.6 Å². The van der Waals surface area contributed by atoms with Gasteiger partial charge >= 0.3 is 6.03 Å². The lowest BCUT2D eigenvalue weighted by Gasteiger charge is -2.21. The van der Waals surface area contributed by atoms with Crippen molar-refractivity contribution in [1.82, 2.24) is 19.5 Å². The van der Waals surface area contributed by atoms with Gasteiger partial charge in [0.15, 0.2) is 5.65 Å². The number of hydrogen-bond donors (Lipinski definition) is 1. The molecule has 3 rings (SSSR count). The Balaban J connectivity index is 2.07. The van der Waals surface area contributed by atoms with Crippen LogP contribution in [0.1, 0.15) is 29.9 Å². The molecular formula is C14H18N6O2. The molecule has 116 valence electrons. The molecule has 0 spiro atoms. The van der Waals surface area contributed by atoms with Crippen LogP contribution < -0.4 is 10.6 Å². The van der Waals surface area contributed by atoms with E-state index < -0.39 is 5.91 Å². The molecular weight excluding hydrogens is 284 g/mol. The maximum atomic E-state index is 12.4. The third-order valence-electron chi connectivity index (χ3n) is 3.84. The van der Waals surface area contributed by atoms with Crippen LogP contribution in [0, 0.1) is 6.92 Å². The molecule has 1 saturated heterocycles. The number of urea groups is 1. The molecule has 3 amide bonds. The molecule has 22 heavy (non-hydrogen) atoms. The van der Waals surface area contributed by atoms with Gasteiger partial charge in [-0.2, -0.15) is 5.10 Å². The van der Waals surface area contributed by atoms with Gasteiger partial charge in [0, 0.05) is 30.9 Å². The van der Waals surface area contributed by atoms with Gasteiger partial charge in [0.25, 0.3) is 5.91 Å². The summed E-state index contributed by atoms with van der Waals surface area (Å²) in [6.07, 6.45) is 1.40. The maximum Gasteiger partial charge on any atom is 0.326 e. The van der Waals surface area contributed by atoms with Crippen molar-refractivity contribution < 1.29 is 9.59 Å². The number of nitrogens with zero attached hydrogens (tertiary/aromatic N) is 5. The number of amides is 3. The number of anilines is 1. The van der Waals surface area contributed by atoms with Gasteiger partial charge in [-0.1, -0.05) is 0 Å². The summed E-state index contributed by atoms with van der Waals surface area (Å²) < 4.78 is 1.55. The number of rotatable bonds is 3. The Bertz CT molecular complexity index is 766. The Morgan fingerprint density at radius 1 is 1.36 bits per heavy atom. The molecule has 8 heteroatoms. The lowest BCUT2D eigenvalue weighted by Crippen LogP contribution is -2.36. The first-order valence-corrected chi connectivity index (χ1v) is 7.13. The van der Waals surface area contributed by atoms with Gasteiger partial charge in [-0.25, -0.2) is 14.3 Å². The summed E-state index contributed by atoms with van der Waals surface area (Å²) in [6.45, 7) is 7.03. The summed E-state index contributed by atoms with van der Waals surface area (Å²) in [7, 11) is 0. The van der Waals surface area contributed by atoms with Gasteiger partial charge < -0.3 is 10.6 Å². The molecule has 8 nitrogen and oxygen atoms in total. The van der Waals surface area contributed by atoms with E-state index in [0.29, 0.717) is 24.6 Å². The molecule has 0 bridgehead atoms. The first kappa shape index (κ1) is 14.3. The monoisotopic (exact) mass is 302 g/mol. The van der Waals surface area contributed by atoms with Crippen molar-refractivity contribution in [3.63, 3.8) is 0 Å². The minimum absolute atomic E-state index is 0.0774. The Morgan fingerprint density at radius 2 is 2.09 bits per heavy atom. The van der Waals surface area contributed by atoms with Crippen molar-refractivity contribution in [1.29, 1.82) is 0 Å². The maximum absolute atomic E-state index is 12.4. The van der Waals surface area contributed by atoms with Crippen LogP contribution in [-0.4, -0.2) is 50.6 Å². The molecule has 1 fully saturated rings. The molecule has 1 aliphatic rings. The van der Waals surface area contributed by atoms with Gasteiger partial charge in [-0.3, -0.25) is 9.69 Å². The van der Waals surface area contributed by atoms with Crippen LogP contribution in [0.15, 0.2) is 12.3 Å². The van der Waals surface area contributed by atoms with Crippen molar-refractivity contribution in [3.05, 3.63) is 23.5 Å². The fourth-order valence-corrected chi connectivity index (χ4v) is 2.65. The average Bonchev–Trinajstić information content (AvgIpc) is 3.02. The van der Waals surface area contributed by atoms with Crippen LogP contribution in [-0.2, 0) is 0 Å². The second kappa shape index (κ2) is 4.97.